The molecule has 5 heteroatoms. The number of hydrogen-bond acceptors (Lipinski definition) is 3. The van der Waals surface area contributed by atoms with E-state index in [2.05, 4.69) is 97.9 Å². The molecule has 0 bridgehead atoms. The van der Waals surface area contributed by atoms with Gasteiger partial charge in [0, 0.05) is 48.1 Å². The molecule has 0 aliphatic rings. The topological polar surface area (TPSA) is 50.9 Å². The van der Waals surface area contributed by atoms with Gasteiger partial charge >= 0.3 is 0 Å². The van der Waals surface area contributed by atoms with Crippen LogP contribution in [0.15, 0.2) is 152 Å². The van der Waals surface area contributed by atoms with Crippen LogP contribution in [0.25, 0.3) is 83.9 Å². The summed E-state index contributed by atoms with van der Waals surface area (Å²) in [6, 6.07) is 50.2. The van der Waals surface area contributed by atoms with Crippen LogP contribution < -0.4 is 0 Å². The van der Waals surface area contributed by atoms with Gasteiger partial charge in [-0.05, 0) is 117 Å². The van der Waals surface area contributed by atoms with Crippen LogP contribution in [0.3, 0.4) is 0 Å². The SMILES string of the molecule is [2H]C([2H])([2H])c1ccc(-c2ccnc(-c3[c-]c(-c4cccc5c4nc(-c4cc(C(C)(C)C)cc(C(C)(C)C)c4O)n5-c4ccc(-c5c(C(C)C)cccc5C([2H])(C)C)cc4C([2H])([2H])[2H])cc(-c4ccccc4)c3)c2)cc1.[Pt]. The zero-order chi connectivity index (χ0) is 54.2. The summed E-state index contributed by atoms with van der Waals surface area (Å²) in [6.07, 6.45) is 1.74. The van der Waals surface area contributed by atoms with Crippen molar-refractivity contribution in [2.45, 2.75) is 106 Å². The second-order valence-electron chi connectivity index (χ2n) is 20.6. The van der Waals surface area contributed by atoms with Crippen molar-refractivity contribution in [3.8, 4) is 78.6 Å². The van der Waals surface area contributed by atoms with Gasteiger partial charge in [0.25, 0.3) is 0 Å². The number of imidazole rings is 1. The Morgan fingerprint density at radius 3 is 2.00 bits per heavy atom. The van der Waals surface area contributed by atoms with Crippen LogP contribution in [-0.2, 0) is 31.9 Å². The standard InChI is InChI=1S/C64H64N3O.Pt/c1-39(2)51-20-16-21-52(40(3)4)59(51)46-28-29-57(42(6)32-46)67-58-23-17-22-53(60(58)66-62(67)54-37-50(63(7,8)9)38-55(61(54)68)64(10,11)12)48-33-47(43-18-14-13-15-19-43)34-49(35-48)56-36-45(30-31-65-56)44-26-24-41(5)25-27-44;/h13-34,36-40,68H,1-12H3;/q-1;/i5D3,6D3,39D;. The number of hydrogen-bond donors (Lipinski definition) is 1. The number of aryl methyl sites for hydroxylation is 2. The molecule has 7 aromatic carbocycles. The zero-order valence-electron chi connectivity index (χ0n) is 48.1. The summed E-state index contributed by atoms with van der Waals surface area (Å²) in [5.74, 6) is -0.450. The van der Waals surface area contributed by atoms with E-state index in [4.69, 9.17) is 14.1 Å². The maximum atomic E-state index is 12.6. The van der Waals surface area contributed by atoms with Crippen LogP contribution >= 0.6 is 0 Å². The molecule has 0 fully saturated rings. The second kappa shape index (κ2) is 19.2. The van der Waals surface area contributed by atoms with Crippen molar-refractivity contribution in [2.24, 2.45) is 0 Å². The van der Waals surface area contributed by atoms with Crippen LogP contribution in [0.5, 0.6) is 5.75 Å². The minimum absolute atomic E-state index is 0. The monoisotopic (exact) mass is 1090 g/mol. The average molecular weight is 1090 g/mol. The summed E-state index contributed by atoms with van der Waals surface area (Å²) >= 11 is 0. The molecule has 0 spiro atoms. The first-order valence-electron chi connectivity index (χ1n) is 27.0. The number of benzene rings is 7. The van der Waals surface area contributed by atoms with E-state index in [1.807, 2.05) is 109 Å². The van der Waals surface area contributed by atoms with E-state index in [9.17, 15) is 10.6 Å². The molecular formula is C64H64N3OPt-. The number of rotatable bonds is 9. The Bertz CT molecular complexity index is 3610. The number of phenolic OH excluding ortho intramolecular Hbond substituents is 1. The summed E-state index contributed by atoms with van der Waals surface area (Å²) in [5, 5.41) is 12.6. The largest absolute Gasteiger partial charge is 0.507 e. The first kappa shape index (κ1) is 40.5. The van der Waals surface area contributed by atoms with Gasteiger partial charge in [0.05, 0.1) is 22.3 Å². The summed E-state index contributed by atoms with van der Waals surface area (Å²) in [4.78, 5) is 10.4. The predicted octanol–water partition coefficient (Wildman–Crippen LogP) is 17.4. The van der Waals surface area contributed by atoms with Crippen molar-refractivity contribution >= 4 is 11.0 Å². The van der Waals surface area contributed by atoms with Crippen molar-refractivity contribution in [3.63, 3.8) is 0 Å². The second-order valence-corrected chi connectivity index (χ2v) is 20.6. The van der Waals surface area contributed by atoms with Crippen LogP contribution in [0.1, 0.15) is 124 Å². The Hall–Kier alpha value is -6.35. The van der Waals surface area contributed by atoms with Gasteiger partial charge in [0.1, 0.15) is 11.6 Å². The van der Waals surface area contributed by atoms with Crippen LogP contribution in [0, 0.1) is 19.8 Å². The molecule has 2 heterocycles. The third-order valence-corrected chi connectivity index (χ3v) is 13.0. The molecular weight excluding hydrogens is 1020 g/mol. The van der Waals surface area contributed by atoms with Crippen LogP contribution in [0.2, 0.25) is 0 Å². The predicted molar refractivity (Wildman–Crippen MR) is 287 cm³/mol. The van der Waals surface area contributed by atoms with Gasteiger partial charge in [-0.2, -0.15) is 0 Å². The van der Waals surface area contributed by atoms with Crippen molar-refractivity contribution in [1.82, 2.24) is 14.5 Å². The molecule has 1 N–H and O–H groups in total. The van der Waals surface area contributed by atoms with Gasteiger partial charge < -0.3 is 5.11 Å². The van der Waals surface area contributed by atoms with E-state index in [0.717, 1.165) is 55.6 Å². The van der Waals surface area contributed by atoms with Gasteiger partial charge in [-0.3, -0.25) is 9.55 Å². The van der Waals surface area contributed by atoms with E-state index in [0.29, 0.717) is 50.5 Å². The van der Waals surface area contributed by atoms with E-state index < -0.39 is 25.0 Å². The molecule has 69 heavy (non-hydrogen) atoms. The Labute approximate surface area is 434 Å². The molecule has 0 radical (unpaired) electrons. The number of phenols is 1. The Balaban J connectivity index is 0.00000765. The van der Waals surface area contributed by atoms with E-state index in [1.54, 1.807) is 24.4 Å². The molecule has 9 rings (SSSR count). The van der Waals surface area contributed by atoms with Gasteiger partial charge in [-0.15, -0.1) is 23.8 Å². The van der Waals surface area contributed by atoms with Crippen molar-refractivity contribution < 1.29 is 35.8 Å². The minimum Gasteiger partial charge on any atom is -0.507 e. The molecule has 0 amide bonds. The Kier molecular flexibility index (Phi) is 11.3. The molecule has 0 aliphatic carbocycles. The number of aromatic hydroxyl groups is 1. The third-order valence-electron chi connectivity index (χ3n) is 13.0. The van der Waals surface area contributed by atoms with Crippen LogP contribution in [-0.4, -0.2) is 19.6 Å². The summed E-state index contributed by atoms with van der Waals surface area (Å²) in [7, 11) is 0. The molecule has 0 saturated heterocycles. The first-order valence-corrected chi connectivity index (χ1v) is 23.5. The number of nitrogens with zero attached hydrogens (tertiary/aromatic N) is 3. The minimum atomic E-state index is -2.61. The maximum absolute atomic E-state index is 12.6. The fraction of sp³-hybridized carbons (Fsp3) is 0.250. The quantitative estimate of drug-likeness (QED) is 0.147. The number of fused-ring (bicyclic) bond motifs is 1. The summed E-state index contributed by atoms with van der Waals surface area (Å²) < 4.78 is 62.4. The smallest absolute Gasteiger partial charge is 0.148 e. The van der Waals surface area contributed by atoms with Crippen molar-refractivity contribution in [3.05, 3.63) is 191 Å². The van der Waals surface area contributed by atoms with E-state index >= 15 is 0 Å². The van der Waals surface area contributed by atoms with Gasteiger partial charge in [-0.1, -0.05) is 195 Å². The van der Waals surface area contributed by atoms with E-state index in [1.165, 1.54) is 0 Å². The van der Waals surface area contributed by atoms with Crippen molar-refractivity contribution in [1.29, 1.82) is 0 Å². The van der Waals surface area contributed by atoms with E-state index in [-0.39, 0.29) is 49.3 Å². The molecule has 4 nitrogen and oxygen atoms in total. The number of pyridine rings is 1. The molecule has 9 aromatic rings. The van der Waals surface area contributed by atoms with Gasteiger partial charge in [-0.25, -0.2) is 4.98 Å². The molecule has 0 unspecified atom stereocenters. The fourth-order valence-electron chi connectivity index (χ4n) is 9.30. The molecule has 352 valence electrons. The number of aromatic nitrogens is 3. The Morgan fingerprint density at radius 2 is 1.32 bits per heavy atom. The molecule has 0 aliphatic heterocycles. The molecule has 0 atom stereocenters. The normalized spacial score (nSPS) is 14.0. The molecule has 0 saturated carbocycles. The van der Waals surface area contributed by atoms with Gasteiger partial charge in [0.2, 0.25) is 0 Å². The first-order chi connectivity index (χ1) is 35.1. The average Bonchev–Trinajstić information content (AvgIpc) is 3.80. The summed E-state index contributed by atoms with van der Waals surface area (Å²) in [6.45, 7) is 15.7. The van der Waals surface area contributed by atoms with Gasteiger partial charge in [0.15, 0.2) is 0 Å². The van der Waals surface area contributed by atoms with Crippen molar-refractivity contribution in [2.75, 3.05) is 0 Å². The zero-order valence-corrected chi connectivity index (χ0v) is 43.4. The molecule has 2 aromatic heterocycles. The maximum Gasteiger partial charge on any atom is 0.148 e. The number of para-hydroxylation sites is 1. The Morgan fingerprint density at radius 1 is 0.623 bits per heavy atom. The van der Waals surface area contributed by atoms with Crippen LogP contribution in [0.4, 0.5) is 0 Å². The summed E-state index contributed by atoms with van der Waals surface area (Å²) in [5.41, 5.74) is 13.1. The fourth-order valence-corrected chi connectivity index (χ4v) is 9.30. The third kappa shape index (κ3) is 9.66.